The summed E-state index contributed by atoms with van der Waals surface area (Å²) in [5.74, 6) is -0.579. The predicted octanol–water partition coefficient (Wildman–Crippen LogP) is 3.65. The van der Waals surface area contributed by atoms with Crippen LogP contribution in [0.5, 0.6) is 0 Å². The van der Waals surface area contributed by atoms with Crippen LogP contribution in [-0.4, -0.2) is 24.0 Å². The molecule has 5 nitrogen and oxygen atoms in total. The van der Waals surface area contributed by atoms with Gasteiger partial charge in [0.15, 0.2) is 0 Å². The van der Waals surface area contributed by atoms with Gasteiger partial charge in [0.05, 0.1) is 5.69 Å². The average Bonchev–Trinajstić information content (AvgIpc) is 2.40. The number of nitrogens with one attached hydrogen (secondary N) is 3. The second-order valence-electron chi connectivity index (χ2n) is 6.07. The van der Waals surface area contributed by atoms with Crippen LogP contribution in [0.15, 0.2) is 22.7 Å². The number of urea groups is 1. The number of rotatable bonds is 6. The van der Waals surface area contributed by atoms with E-state index in [9.17, 15) is 14.0 Å². The van der Waals surface area contributed by atoms with Crippen LogP contribution in [0.4, 0.5) is 14.9 Å². The van der Waals surface area contributed by atoms with Crippen LogP contribution in [0.2, 0.25) is 0 Å². The molecular formula is C16H23BrFN3O2. The molecule has 7 heteroatoms. The van der Waals surface area contributed by atoms with Crippen LogP contribution in [0, 0.1) is 11.7 Å². The van der Waals surface area contributed by atoms with Gasteiger partial charge in [0, 0.05) is 10.5 Å². The maximum atomic E-state index is 13.7. The summed E-state index contributed by atoms with van der Waals surface area (Å²) in [7, 11) is 0. The summed E-state index contributed by atoms with van der Waals surface area (Å²) in [6.45, 7) is 7.62. The number of halogens is 2. The molecule has 0 saturated carbocycles. The molecule has 3 N–H and O–H groups in total. The molecule has 0 saturated heterocycles. The first kappa shape index (κ1) is 19.4. The lowest BCUT2D eigenvalue weighted by Gasteiger charge is -2.21. The molecule has 0 heterocycles. The highest BCUT2D eigenvalue weighted by Gasteiger charge is 2.22. The summed E-state index contributed by atoms with van der Waals surface area (Å²) >= 11 is 3.15. The van der Waals surface area contributed by atoms with Crippen molar-refractivity contribution in [3.05, 3.63) is 28.5 Å². The lowest BCUT2D eigenvalue weighted by molar-refractivity contribution is -0.123. The molecule has 0 aliphatic heterocycles. The Labute approximate surface area is 144 Å². The van der Waals surface area contributed by atoms with E-state index in [0.717, 1.165) is 0 Å². The fourth-order valence-electron chi connectivity index (χ4n) is 2.00. The Morgan fingerprint density at radius 1 is 1.17 bits per heavy atom. The number of benzene rings is 1. The number of hydrogen-bond acceptors (Lipinski definition) is 2. The van der Waals surface area contributed by atoms with Crippen LogP contribution < -0.4 is 16.0 Å². The van der Waals surface area contributed by atoms with Gasteiger partial charge in [-0.2, -0.15) is 0 Å². The number of amides is 3. The van der Waals surface area contributed by atoms with E-state index >= 15 is 0 Å². The van der Waals surface area contributed by atoms with Gasteiger partial charge in [-0.25, -0.2) is 9.18 Å². The summed E-state index contributed by atoms with van der Waals surface area (Å²) in [6.07, 6.45) is 0.495. The monoisotopic (exact) mass is 387 g/mol. The summed E-state index contributed by atoms with van der Waals surface area (Å²) in [5, 5.41) is 7.80. The Morgan fingerprint density at radius 2 is 1.83 bits per heavy atom. The maximum Gasteiger partial charge on any atom is 0.319 e. The molecule has 0 fully saturated rings. The van der Waals surface area contributed by atoms with Gasteiger partial charge in [-0.05, 0) is 44.4 Å². The largest absolute Gasteiger partial charge is 0.352 e. The summed E-state index contributed by atoms with van der Waals surface area (Å²) in [4.78, 5) is 24.2. The third-order valence-corrected chi connectivity index (χ3v) is 3.43. The van der Waals surface area contributed by atoms with Gasteiger partial charge in [0.2, 0.25) is 5.91 Å². The highest BCUT2D eigenvalue weighted by atomic mass is 79.9. The Morgan fingerprint density at radius 3 is 2.35 bits per heavy atom. The third kappa shape index (κ3) is 6.99. The Balaban J connectivity index is 2.74. The van der Waals surface area contributed by atoms with Crippen LogP contribution in [0.3, 0.4) is 0 Å². The summed E-state index contributed by atoms with van der Waals surface area (Å²) < 4.78 is 14.3. The normalized spacial score (nSPS) is 12.2. The predicted molar refractivity (Wildman–Crippen MR) is 92.8 cm³/mol. The highest BCUT2D eigenvalue weighted by Crippen LogP contribution is 2.19. The number of hydrogen-bond donors (Lipinski definition) is 3. The Hall–Kier alpha value is -1.63. The minimum atomic E-state index is -0.670. The molecule has 128 valence electrons. The Kier molecular flexibility index (Phi) is 7.48. The fraction of sp³-hybridized carbons (Fsp3) is 0.500. The van der Waals surface area contributed by atoms with Crippen molar-refractivity contribution < 1.29 is 14.0 Å². The topological polar surface area (TPSA) is 70.2 Å². The number of anilines is 1. The quantitative estimate of drug-likeness (QED) is 0.696. The summed E-state index contributed by atoms with van der Waals surface area (Å²) in [5.41, 5.74) is 0.0539. The van der Waals surface area contributed by atoms with Gasteiger partial charge >= 0.3 is 6.03 Å². The van der Waals surface area contributed by atoms with E-state index in [1.807, 2.05) is 27.7 Å². The van der Waals surface area contributed by atoms with Gasteiger partial charge < -0.3 is 16.0 Å². The van der Waals surface area contributed by atoms with Gasteiger partial charge in [0.1, 0.15) is 11.9 Å². The lowest BCUT2D eigenvalue weighted by atomic mass is 10.0. The molecule has 0 spiro atoms. The third-order valence-electron chi connectivity index (χ3n) is 2.94. The first-order valence-corrected chi connectivity index (χ1v) is 8.31. The van der Waals surface area contributed by atoms with Crippen LogP contribution >= 0.6 is 15.9 Å². The van der Waals surface area contributed by atoms with Crippen molar-refractivity contribution in [3.63, 3.8) is 0 Å². The van der Waals surface area contributed by atoms with Crippen molar-refractivity contribution in [1.29, 1.82) is 0 Å². The highest BCUT2D eigenvalue weighted by molar-refractivity contribution is 9.10. The zero-order chi connectivity index (χ0) is 17.6. The minimum Gasteiger partial charge on any atom is -0.352 e. The van der Waals surface area contributed by atoms with Crippen LogP contribution in [-0.2, 0) is 4.79 Å². The van der Waals surface area contributed by atoms with Crippen molar-refractivity contribution >= 4 is 33.6 Å². The molecule has 0 bridgehead atoms. The zero-order valence-corrected chi connectivity index (χ0v) is 15.3. The number of carbonyl (C=O) groups is 2. The molecule has 0 aliphatic carbocycles. The second-order valence-corrected chi connectivity index (χ2v) is 6.98. The van der Waals surface area contributed by atoms with Gasteiger partial charge in [-0.15, -0.1) is 0 Å². The molecule has 1 atom stereocenters. The molecule has 3 amide bonds. The molecule has 0 unspecified atom stereocenters. The van der Waals surface area contributed by atoms with E-state index in [2.05, 4.69) is 31.9 Å². The van der Waals surface area contributed by atoms with Crippen molar-refractivity contribution in [1.82, 2.24) is 10.6 Å². The summed E-state index contributed by atoms with van der Waals surface area (Å²) in [6, 6.07) is 3.02. The van der Waals surface area contributed by atoms with Crippen molar-refractivity contribution in [2.24, 2.45) is 5.92 Å². The van der Waals surface area contributed by atoms with E-state index in [-0.39, 0.29) is 23.6 Å². The van der Waals surface area contributed by atoms with E-state index < -0.39 is 17.9 Å². The molecule has 0 radical (unpaired) electrons. The van der Waals surface area contributed by atoms with E-state index in [4.69, 9.17) is 0 Å². The average molecular weight is 388 g/mol. The zero-order valence-electron chi connectivity index (χ0n) is 13.7. The van der Waals surface area contributed by atoms with Crippen LogP contribution in [0.1, 0.15) is 34.1 Å². The first-order valence-electron chi connectivity index (χ1n) is 7.52. The van der Waals surface area contributed by atoms with Crippen molar-refractivity contribution in [3.8, 4) is 0 Å². The molecular weight excluding hydrogens is 365 g/mol. The lowest BCUT2D eigenvalue weighted by Crippen LogP contribution is -2.50. The molecule has 0 aliphatic rings. The van der Waals surface area contributed by atoms with Gasteiger partial charge in [-0.3, -0.25) is 4.79 Å². The van der Waals surface area contributed by atoms with E-state index in [1.54, 1.807) is 6.07 Å². The van der Waals surface area contributed by atoms with Crippen molar-refractivity contribution in [2.45, 2.75) is 46.2 Å². The smallest absolute Gasteiger partial charge is 0.319 e. The maximum absolute atomic E-state index is 13.7. The second kappa shape index (κ2) is 8.86. The number of carbonyl (C=O) groups excluding carboxylic acids is 2. The van der Waals surface area contributed by atoms with E-state index in [0.29, 0.717) is 10.9 Å². The van der Waals surface area contributed by atoms with Gasteiger partial charge in [-0.1, -0.05) is 29.8 Å². The molecule has 1 aromatic carbocycles. The standard InChI is InChI=1S/C16H23BrFN3O2/c1-9(2)7-14(15(22)19-10(3)4)21-16(23)20-13-6-5-11(17)8-12(13)18/h5-6,8-10,14H,7H2,1-4H3,(H,19,22)(H2,20,21,23)/t14-/m0/s1. The fourth-order valence-corrected chi connectivity index (χ4v) is 2.33. The molecule has 0 aromatic heterocycles. The Bertz CT molecular complexity index is 564. The van der Waals surface area contributed by atoms with Crippen molar-refractivity contribution in [2.75, 3.05) is 5.32 Å². The molecule has 1 rings (SSSR count). The molecule has 23 heavy (non-hydrogen) atoms. The molecule has 1 aromatic rings. The van der Waals surface area contributed by atoms with Gasteiger partial charge in [0.25, 0.3) is 0 Å². The van der Waals surface area contributed by atoms with Crippen LogP contribution in [0.25, 0.3) is 0 Å². The minimum absolute atomic E-state index is 0.0223. The first-order chi connectivity index (χ1) is 10.7. The van der Waals surface area contributed by atoms with E-state index in [1.165, 1.54) is 12.1 Å². The SMILES string of the molecule is CC(C)C[C@H](NC(=O)Nc1ccc(Br)cc1F)C(=O)NC(C)C.